The van der Waals surface area contributed by atoms with Crippen LogP contribution in [0, 0.1) is 0 Å². The van der Waals surface area contributed by atoms with Gasteiger partial charge < -0.3 is 15.2 Å². The molecule has 0 aliphatic carbocycles. The number of aliphatic hydroxyl groups excluding tert-OH is 1. The van der Waals surface area contributed by atoms with Gasteiger partial charge in [-0.2, -0.15) is 0 Å². The van der Waals surface area contributed by atoms with Gasteiger partial charge in [0.05, 0.1) is 6.61 Å². The molecule has 4 heteroatoms. The number of rotatable bonds is 9. The van der Waals surface area contributed by atoms with E-state index in [2.05, 4.69) is 5.32 Å². The molecule has 0 radical (unpaired) electrons. The molecule has 4 nitrogen and oxygen atoms in total. The lowest BCUT2D eigenvalue weighted by Crippen LogP contribution is -2.22. The number of carbonyl (C=O) groups excluding carboxylic acids is 1. The highest BCUT2D eigenvalue weighted by molar-refractivity contribution is 5.92. The molecule has 2 N–H and O–H groups in total. The Balaban J connectivity index is 2.41. The third-order valence-corrected chi connectivity index (χ3v) is 2.77. The molecule has 0 aliphatic rings. The van der Waals surface area contributed by atoms with E-state index < -0.39 is 0 Å². The zero-order chi connectivity index (χ0) is 14.6. The summed E-state index contributed by atoms with van der Waals surface area (Å²) in [6, 6.07) is 7.62. The van der Waals surface area contributed by atoms with Crippen LogP contribution in [0.15, 0.2) is 30.3 Å². The molecule has 0 saturated heterocycles. The number of carbonyl (C=O) groups is 1. The van der Waals surface area contributed by atoms with E-state index in [9.17, 15) is 4.79 Å². The summed E-state index contributed by atoms with van der Waals surface area (Å²) in [7, 11) is 0. The molecule has 0 aliphatic heterocycles. The van der Waals surface area contributed by atoms with Gasteiger partial charge in [-0.15, -0.1) is 0 Å². The van der Waals surface area contributed by atoms with Crippen LogP contribution in [-0.4, -0.2) is 30.8 Å². The molecule has 0 saturated carbocycles. The van der Waals surface area contributed by atoms with Crippen molar-refractivity contribution in [2.75, 3.05) is 19.8 Å². The first-order valence-corrected chi connectivity index (χ1v) is 7.06. The maximum Gasteiger partial charge on any atom is 0.244 e. The molecule has 20 heavy (non-hydrogen) atoms. The van der Waals surface area contributed by atoms with Crippen LogP contribution in [0.25, 0.3) is 6.08 Å². The van der Waals surface area contributed by atoms with E-state index in [4.69, 9.17) is 9.84 Å². The first kappa shape index (κ1) is 16.2. The van der Waals surface area contributed by atoms with Gasteiger partial charge in [0.25, 0.3) is 0 Å². The van der Waals surface area contributed by atoms with Gasteiger partial charge in [0.1, 0.15) is 5.75 Å². The van der Waals surface area contributed by atoms with Crippen molar-refractivity contribution in [1.82, 2.24) is 5.32 Å². The molecule has 1 amide bonds. The van der Waals surface area contributed by atoms with Crippen molar-refractivity contribution in [2.24, 2.45) is 0 Å². The van der Waals surface area contributed by atoms with Gasteiger partial charge in [-0.1, -0.05) is 18.2 Å². The Morgan fingerprint density at radius 1 is 1.30 bits per heavy atom. The second-order valence-electron chi connectivity index (χ2n) is 4.38. The van der Waals surface area contributed by atoms with Gasteiger partial charge in [0.15, 0.2) is 0 Å². The number of hydrogen-bond donors (Lipinski definition) is 2. The smallest absolute Gasteiger partial charge is 0.244 e. The summed E-state index contributed by atoms with van der Waals surface area (Å²) < 4.78 is 5.49. The summed E-state index contributed by atoms with van der Waals surface area (Å²) in [5, 5.41) is 11.5. The number of hydrogen-bond acceptors (Lipinski definition) is 3. The predicted molar refractivity (Wildman–Crippen MR) is 80.6 cm³/mol. The number of aliphatic hydroxyl groups is 1. The average Bonchev–Trinajstić information content (AvgIpc) is 2.46. The van der Waals surface area contributed by atoms with Crippen molar-refractivity contribution in [1.29, 1.82) is 0 Å². The van der Waals surface area contributed by atoms with Gasteiger partial charge >= 0.3 is 0 Å². The van der Waals surface area contributed by atoms with E-state index >= 15 is 0 Å². The lowest BCUT2D eigenvalue weighted by molar-refractivity contribution is -0.116. The molecular formula is C16H23NO3. The van der Waals surface area contributed by atoms with Gasteiger partial charge in [-0.25, -0.2) is 0 Å². The molecular weight excluding hydrogens is 254 g/mol. The molecule has 0 spiro atoms. The summed E-state index contributed by atoms with van der Waals surface area (Å²) >= 11 is 0. The highest BCUT2D eigenvalue weighted by Crippen LogP contribution is 2.19. The molecule has 0 aromatic heterocycles. The van der Waals surface area contributed by atoms with E-state index in [-0.39, 0.29) is 12.5 Å². The summed E-state index contributed by atoms with van der Waals surface area (Å²) in [4.78, 5) is 11.6. The standard InChI is InChI=1S/C16H23NO3/c1-2-20-15-9-5-4-8-14(15)10-11-16(19)17-12-6-3-7-13-18/h4-5,8-11,18H,2-3,6-7,12-13H2,1H3,(H,17,19)/b11-10+. The number of ether oxygens (including phenoxy) is 1. The maximum absolute atomic E-state index is 11.6. The van der Waals surface area contributed by atoms with E-state index in [1.54, 1.807) is 6.08 Å². The largest absolute Gasteiger partial charge is 0.493 e. The molecule has 0 atom stereocenters. The monoisotopic (exact) mass is 277 g/mol. The Kier molecular flexibility index (Phi) is 8.15. The van der Waals surface area contributed by atoms with Crippen LogP contribution in [0.5, 0.6) is 5.75 Å². The summed E-state index contributed by atoms with van der Waals surface area (Å²) in [5.41, 5.74) is 0.893. The van der Waals surface area contributed by atoms with Crippen LogP contribution < -0.4 is 10.1 Å². The summed E-state index contributed by atoms with van der Waals surface area (Å²) in [6.07, 6.45) is 5.87. The minimum absolute atomic E-state index is 0.111. The first-order chi connectivity index (χ1) is 9.77. The first-order valence-electron chi connectivity index (χ1n) is 7.06. The normalized spacial score (nSPS) is 10.7. The van der Waals surface area contributed by atoms with Gasteiger partial charge in [-0.3, -0.25) is 4.79 Å². The minimum atomic E-state index is -0.111. The molecule has 0 unspecified atom stereocenters. The van der Waals surface area contributed by atoms with Crippen LogP contribution in [0.1, 0.15) is 31.7 Å². The zero-order valence-corrected chi connectivity index (χ0v) is 12.0. The van der Waals surface area contributed by atoms with Crippen LogP contribution in [0.3, 0.4) is 0 Å². The van der Waals surface area contributed by atoms with Crippen LogP contribution in [0.4, 0.5) is 0 Å². The van der Waals surface area contributed by atoms with Crippen molar-refractivity contribution in [3.8, 4) is 5.75 Å². The summed E-state index contributed by atoms with van der Waals surface area (Å²) in [5.74, 6) is 0.669. The molecule has 1 aromatic rings. The van der Waals surface area contributed by atoms with E-state index in [0.717, 1.165) is 30.6 Å². The lowest BCUT2D eigenvalue weighted by Gasteiger charge is -2.06. The van der Waals surface area contributed by atoms with Crippen molar-refractivity contribution >= 4 is 12.0 Å². The Hall–Kier alpha value is -1.81. The van der Waals surface area contributed by atoms with Gasteiger partial charge in [0, 0.05) is 24.8 Å². The number of para-hydroxylation sites is 1. The van der Waals surface area contributed by atoms with Crippen molar-refractivity contribution in [3.05, 3.63) is 35.9 Å². The zero-order valence-electron chi connectivity index (χ0n) is 12.0. The Morgan fingerprint density at radius 2 is 2.10 bits per heavy atom. The van der Waals surface area contributed by atoms with E-state index in [0.29, 0.717) is 13.2 Å². The Bertz CT molecular complexity index is 429. The Labute approximate surface area is 120 Å². The molecule has 1 rings (SSSR count). The quantitative estimate of drug-likeness (QED) is 0.538. The minimum Gasteiger partial charge on any atom is -0.493 e. The third kappa shape index (κ3) is 6.38. The topological polar surface area (TPSA) is 58.6 Å². The van der Waals surface area contributed by atoms with Crippen molar-refractivity contribution in [3.63, 3.8) is 0 Å². The number of nitrogens with one attached hydrogen (secondary N) is 1. The number of benzene rings is 1. The van der Waals surface area contributed by atoms with Crippen LogP contribution in [-0.2, 0) is 4.79 Å². The second kappa shape index (κ2) is 10.0. The highest BCUT2D eigenvalue weighted by Gasteiger charge is 2.00. The molecule has 0 fully saturated rings. The van der Waals surface area contributed by atoms with E-state index in [1.807, 2.05) is 31.2 Å². The van der Waals surface area contributed by atoms with Crippen LogP contribution in [0.2, 0.25) is 0 Å². The lowest BCUT2D eigenvalue weighted by atomic mass is 10.2. The second-order valence-corrected chi connectivity index (χ2v) is 4.38. The summed E-state index contributed by atoms with van der Waals surface area (Å²) in [6.45, 7) is 3.37. The molecule has 0 bridgehead atoms. The molecule has 0 heterocycles. The van der Waals surface area contributed by atoms with Gasteiger partial charge in [-0.05, 0) is 38.3 Å². The SMILES string of the molecule is CCOc1ccccc1/C=C/C(=O)NCCCCCO. The van der Waals surface area contributed by atoms with Crippen LogP contribution >= 0.6 is 0 Å². The predicted octanol–water partition coefficient (Wildman–Crippen LogP) is 2.38. The fourth-order valence-corrected chi connectivity index (χ4v) is 1.75. The van der Waals surface area contributed by atoms with E-state index in [1.165, 1.54) is 6.08 Å². The fourth-order valence-electron chi connectivity index (χ4n) is 1.75. The van der Waals surface area contributed by atoms with Gasteiger partial charge in [0.2, 0.25) is 5.91 Å². The van der Waals surface area contributed by atoms with Crippen molar-refractivity contribution < 1.29 is 14.6 Å². The average molecular weight is 277 g/mol. The van der Waals surface area contributed by atoms with Crippen molar-refractivity contribution in [2.45, 2.75) is 26.2 Å². The molecule has 110 valence electrons. The highest BCUT2D eigenvalue weighted by atomic mass is 16.5. The molecule has 1 aromatic carbocycles. The number of amides is 1. The number of unbranched alkanes of at least 4 members (excludes halogenated alkanes) is 2. The third-order valence-electron chi connectivity index (χ3n) is 2.77. The Morgan fingerprint density at radius 3 is 2.85 bits per heavy atom. The fraction of sp³-hybridized carbons (Fsp3) is 0.438. The maximum atomic E-state index is 11.6.